The predicted molar refractivity (Wildman–Crippen MR) is 103 cm³/mol. The number of nitrogens with one attached hydrogen (secondary N) is 1. The van der Waals surface area contributed by atoms with Crippen molar-refractivity contribution in [2.45, 2.75) is 4.90 Å². The third-order valence-corrected chi connectivity index (χ3v) is 6.27. The first-order valence-corrected chi connectivity index (χ1v) is 9.77. The normalized spacial score (nSPS) is 11.5. The molecule has 0 unspecified atom stereocenters. The molecule has 0 fully saturated rings. The van der Waals surface area contributed by atoms with Gasteiger partial charge in [0.25, 0.3) is 0 Å². The summed E-state index contributed by atoms with van der Waals surface area (Å²) in [4.78, 5) is 12.2. The Bertz CT molecular complexity index is 918. The van der Waals surface area contributed by atoms with Crippen molar-refractivity contribution in [1.29, 1.82) is 0 Å². The van der Waals surface area contributed by atoms with E-state index in [2.05, 4.69) is 5.32 Å². The molecule has 2 aromatic rings. The number of benzene rings is 2. The lowest BCUT2D eigenvalue weighted by atomic mass is 10.3. The summed E-state index contributed by atoms with van der Waals surface area (Å²) in [5.41, 5.74) is 0.237. The fraction of sp³-hybridized carbons (Fsp3) is 0.188. The zero-order valence-electron chi connectivity index (χ0n) is 13.8. The number of amides is 1. The number of hydrogen-bond donors (Lipinski definition) is 1. The van der Waals surface area contributed by atoms with E-state index in [0.717, 1.165) is 4.31 Å². The van der Waals surface area contributed by atoms with Crippen LogP contribution in [0.3, 0.4) is 0 Å². The molecular weight excluding hydrogens is 423 g/mol. The zero-order chi connectivity index (χ0) is 19.5. The van der Waals surface area contributed by atoms with Gasteiger partial charge in [-0.25, -0.2) is 8.42 Å². The highest BCUT2D eigenvalue weighted by Crippen LogP contribution is 2.32. The van der Waals surface area contributed by atoms with Crippen LogP contribution in [0.5, 0.6) is 5.75 Å². The zero-order valence-corrected chi connectivity index (χ0v) is 16.9. The van der Waals surface area contributed by atoms with E-state index >= 15 is 0 Å². The third kappa shape index (κ3) is 4.81. The Morgan fingerprint density at radius 2 is 1.65 bits per heavy atom. The molecule has 0 atom stereocenters. The molecule has 0 radical (unpaired) electrons. The summed E-state index contributed by atoms with van der Waals surface area (Å²) >= 11 is 17.7. The summed E-state index contributed by atoms with van der Waals surface area (Å²) in [5, 5.41) is 3.16. The molecular formula is C16H15Cl3N2O4S. The fourth-order valence-electron chi connectivity index (χ4n) is 2.02. The molecule has 0 aliphatic heterocycles. The van der Waals surface area contributed by atoms with Crippen LogP contribution in [0.25, 0.3) is 0 Å². The monoisotopic (exact) mass is 436 g/mol. The van der Waals surface area contributed by atoms with Crippen LogP contribution in [-0.2, 0) is 14.8 Å². The number of methoxy groups -OCH3 is 1. The van der Waals surface area contributed by atoms with Crippen molar-refractivity contribution < 1.29 is 17.9 Å². The standard InChI is InChI=1S/C16H15Cl3N2O4S/c1-21(26(23,24)11-5-3-10(25-2)4-6-11)9-16(22)20-15-8-13(18)12(17)7-14(15)19/h3-8H,9H2,1-2H3,(H,20,22). The van der Waals surface area contributed by atoms with Gasteiger partial charge in [-0.15, -0.1) is 0 Å². The summed E-state index contributed by atoms with van der Waals surface area (Å²) in [6.45, 7) is -0.412. The minimum atomic E-state index is -3.84. The number of carbonyl (C=O) groups excluding carboxylic acids is 1. The number of halogens is 3. The van der Waals surface area contributed by atoms with Crippen LogP contribution in [0.4, 0.5) is 5.69 Å². The smallest absolute Gasteiger partial charge is 0.243 e. The van der Waals surface area contributed by atoms with Gasteiger partial charge in [0.1, 0.15) is 5.75 Å². The maximum atomic E-state index is 12.5. The Kier molecular flexibility index (Phi) is 6.76. The molecule has 140 valence electrons. The molecule has 0 saturated carbocycles. The van der Waals surface area contributed by atoms with E-state index in [1.165, 1.54) is 50.6 Å². The van der Waals surface area contributed by atoms with E-state index in [4.69, 9.17) is 39.5 Å². The molecule has 0 heterocycles. The molecule has 1 amide bonds. The van der Waals surface area contributed by atoms with Gasteiger partial charge in [-0.05, 0) is 36.4 Å². The summed E-state index contributed by atoms with van der Waals surface area (Å²) in [6.07, 6.45) is 0. The first-order chi connectivity index (χ1) is 12.1. The van der Waals surface area contributed by atoms with Crippen molar-refractivity contribution >= 4 is 56.4 Å². The van der Waals surface area contributed by atoms with Gasteiger partial charge in [-0.1, -0.05) is 34.8 Å². The van der Waals surface area contributed by atoms with Crippen LogP contribution in [0.2, 0.25) is 15.1 Å². The number of likely N-dealkylation sites (N-methyl/N-ethyl adjacent to an activating group) is 1. The molecule has 6 nitrogen and oxygen atoms in total. The Morgan fingerprint density at radius 3 is 2.23 bits per heavy atom. The summed E-state index contributed by atoms with van der Waals surface area (Å²) < 4.78 is 31.0. The van der Waals surface area contributed by atoms with Crippen LogP contribution in [0, 0.1) is 0 Å². The average molecular weight is 438 g/mol. The van der Waals surface area contributed by atoms with Gasteiger partial charge in [-0.3, -0.25) is 4.79 Å². The van der Waals surface area contributed by atoms with Gasteiger partial charge in [-0.2, -0.15) is 4.31 Å². The lowest BCUT2D eigenvalue weighted by molar-refractivity contribution is -0.116. The third-order valence-electron chi connectivity index (χ3n) is 3.42. The van der Waals surface area contributed by atoms with E-state index in [1.807, 2.05) is 0 Å². The van der Waals surface area contributed by atoms with Gasteiger partial charge in [0.15, 0.2) is 0 Å². The van der Waals surface area contributed by atoms with Crippen molar-refractivity contribution in [1.82, 2.24) is 4.31 Å². The van der Waals surface area contributed by atoms with Crippen molar-refractivity contribution in [3.05, 3.63) is 51.5 Å². The topological polar surface area (TPSA) is 75.7 Å². The molecule has 10 heteroatoms. The summed E-state index contributed by atoms with van der Waals surface area (Å²) in [7, 11) is -1.06. The second-order valence-electron chi connectivity index (χ2n) is 5.23. The van der Waals surface area contributed by atoms with Crippen LogP contribution in [0.15, 0.2) is 41.3 Å². The first-order valence-electron chi connectivity index (χ1n) is 7.20. The molecule has 0 aliphatic carbocycles. The van der Waals surface area contributed by atoms with Gasteiger partial charge in [0.2, 0.25) is 15.9 Å². The minimum Gasteiger partial charge on any atom is -0.497 e. The number of anilines is 1. The molecule has 26 heavy (non-hydrogen) atoms. The molecule has 0 aliphatic rings. The van der Waals surface area contributed by atoms with Gasteiger partial charge < -0.3 is 10.1 Å². The fourth-order valence-corrected chi connectivity index (χ4v) is 3.74. The molecule has 1 N–H and O–H groups in total. The maximum absolute atomic E-state index is 12.5. The average Bonchev–Trinajstić information content (AvgIpc) is 2.59. The van der Waals surface area contributed by atoms with E-state index in [-0.39, 0.29) is 25.7 Å². The number of rotatable bonds is 6. The highest BCUT2D eigenvalue weighted by molar-refractivity contribution is 7.89. The van der Waals surface area contributed by atoms with Crippen molar-refractivity contribution in [3.8, 4) is 5.75 Å². The summed E-state index contributed by atoms with van der Waals surface area (Å²) in [5.74, 6) is -0.0523. The van der Waals surface area contributed by atoms with E-state index in [1.54, 1.807) is 0 Å². The number of nitrogens with zero attached hydrogens (tertiary/aromatic N) is 1. The van der Waals surface area contributed by atoms with Gasteiger partial charge in [0.05, 0.1) is 39.3 Å². The lowest BCUT2D eigenvalue weighted by Crippen LogP contribution is -2.35. The predicted octanol–water partition coefficient (Wildman–Crippen LogP) is 3.91. The number of sulfonamides is 1. The van der Waals surface area contributed by atoms with Crippen LogP contribution >= 0.6 is 34.8 Å². The van der Waals surface area contributed by atoms with Crippen LogP contribution < -0.4 is 10.1 Å². The minimum absolute atomic E-state index is 0.0427. The molecule has 0 saturated heterocycles. The number of hydrogen-bond acceptors (Lipinski definition) is 4. The SMILES string of the molecule is COc1ccc(S(=O)(=O)N(C)CC(=O)Nc2cc(Cl)c(Cl)cc2Cl)cc1. The summed E-state index contributed by atoms with van der Waals surface area (Å²) in [6, 6.07) is 8.63. The Hall–Kier alpha value is -1.51. The molecule has 0 spiro atoms. The quantitative estimate of drug-likeness (QED) is 0.695. The first kappa shape index (κ1) is 20.8. The molecule has 0 bridgehead atoms. The largest absolute Gasteiger partial charge is 0.497 e. The van der Waals surface area contributed by atoms with Crippen molar-refractivity contribution in [2.75, 3.05) is 26.0 Å². The van der Waals surface area contributed by atoms with Crippen LogP contribution in [-0.4, -0.2) is 39.3 Å². The molecule has 2 rings (SSSR count). The van der Waals surface area contributed by atoms with Gasteiger partial charge >= 0.3 is 0 Å². The number of carbonyl (C=O) groups is 1. The Labute approximate surface area is 166 Å². The van der Waals surface area contributed by atoms with E-state index in [0.29, 0.717) is 5.75 Å². The van der Waals surface area contributed by atoms with Crippen molar-refractivity contribution in [2.24, 2.45) is 0 Å². The second-order valence-corrected chi connectivity index (χ2v) is 8.50. The van der Waals surface area contributed by atoms with Crippen LogP contribution in [0.1, 0.15) is 0 Å². The van der Waals surface area contributed by atoms with E-state index in [9.17, 15) is 13.2 Å². The number of ether oxygens (including phenoxy) is 1. The lowest BCUT2D eigenvalue weighted by Gasteiger charge is -2.17. The van der Waals surface area contributed by atoms with Gasteiger partial charge in [0, 0.05) is 7.05 Å². The second kappa shape index (κ2) is 8.45. The Balaban J connectivity index is 2.11. The van der Waals surface area contributed by atoms with Crippen molar-refractivity contribution in [3.63, 3.8) is 0 Å². The maximum Gasteiger partial charge on any atom is 0.243 e. The van der Waals surface area contributed by atoms with E-state index < -0.39 is 22.5 Å². The highest BCUT2D eigenvalue weighted by atomic mass is 35.5. The molecule has 2 aromatic carbocycles. The Morgan fingerprint density at radius 1 is 1.08 bits per heavy atom. The highest BCUT2D eigenvalue weighted by Gasteiger charge is 2.23. The molecule has 0 aromatic heterocycles.